The SMILES string of the molecule is Nc1nc2ncc(CNc3ccc(C(=O)NCCCC(=O)NCC(=O)NC(C=O)CCC(=O)O)cc3)nc2c(=O)[nH]1. The first-order valence-electron chi connectivity index (χ1n) is 12.5. The van der Waals surface area contributed by atoms with E-state index in [1.54, 1.807) is 24.3 Å². The lowest BCUT2D eigenvalue weighted by atomic mass is 10.2. The number of carbonyl (C=O) groups excluding carboxylic acids is 4. The summed E-state index contributed by atoms with van der Waals surface area (Å²) in [6.07, 6.45) is 1.98. The second-order valence-corrected chi connectivity index (χ2v) is 8.79. The van der Waals surface area contributed by atoms with Crippen molar-refractivity contribution in [2.24, 2.45) is 0 Å². The molecule has 0 aliphatic heterocycles. The summed E-state index contributed by atoms with van der Waals surface area (Å²) in [5, 5.41) is 19.2. The second-order valence-electron chi connectivity index (χ2n) is 8.79. The van der Waals surface area contributed by atoms with Crippen LogP contribution in [0.15, 0.2) is 35.3 Å². The average Bonchev–Trinajstić information content (AvgIpc) is 2.95. The molecule has 1 aromatic carbocycles. The fourth-order valence-electron chi connectivity index (χ4n) is 3.52. The maximum absolute atomic E-state index is 12.4. The molecule has 216 valence electrons. The number of aromatic nitrogens is 4. The second kappa shape index (κ2) is 14.7. The summed E-state index contributed by atoms with van der Waals surface area (Å²) in [5.41, 5.74) is 6.85. The number of benzene rings is 1. The predicted octanol–water partition coefficient (Wildman–Crippen LogP) is -0.918. The topological polar surface area (TPSA) is 251 Å². The summed E-state index contributed by atoms with van der Waals surface area (Å²) in [5.74, 6) is -2.49. The van der Waals surface area contributed by atoms with Gasteiger partial charge < -0.3 is 36.9 Å². The van der Waals surface area contributed by atoms with E-state index >= 15 is 0 Å². The van der Waals surface area contributed by atoms with Gasteiger partial charge in [0.15, 0.2) is 11.2 Å². The van der Waals surface area contributed by atoms with Crippen molar-refractivity contribution in [1.82, 2.24) is 35.9 Å². The van der Waals surface area contributed by atoms with Gasteiger partial charge in [0.2, 0.25) is 17.8 Å². The number of nitrogens with zero attached hydrogens (tertiary/aromatic N) is 3. The van der Waals surface area contributed by atoms with Gasteiger partial charge in [-0.15, -0.1) is 0 Å². The minimum absolute atomic E-state index is 0.0435. The summed E-state index contributed by atoms with van der Waals surface area (Å²) >= 11 is 0. The van der Waals surface area contributed by atoms with E-state index in [4.69, 9.17) is 10.8 Å². The van der Waals surface area contributed by atoms with Crippen molar-refractivity contribution >= 4 is 52.8 Å². The van der Waals surface area contributed by atoms with E-state index < -0.39 is 29.4 Å². The zero-order valence-corrected chi connectivity index (χ0v) is 21.8. The number of hydrogen-bond donors (Lipinski definition) is 7. The van der Waals surface area contributed by atoms with Gasteiger partial charge in [0.25, 0.3) is 11.5 Å². The van der Waals surface area contributed by atoms with E-state index in [0.717, 1.165) is 0 Å². The van der Waals surface area contributed by atoms with Crippen LogP contribution in [-0.4, -0.2) is 74.2 Å². The smallest absolute Gasteiger partial charge is 0.303 e. The third-order valence-electron chi connectivity index (χ3n) is 5.60. The highest BCUT2D eigenvalue weighted by Gasteiger charge is 2.14. The standard InChI is InChI=1S/C25H29N9O7/c26-25-33-22-21(24(41)34-25)32-17(11-30-22)10-28-15-5-3-14(4-6-15)23(40)27-9-1-2-18(36)29-12-19(37)31-16(13-35)7-8-20(38)39/h3-6,11,13,16,28H,1-2,7-10,12H2,(H,27,40)(H,29,36)(H,31,37)(H,38,39)(H3,26,30,33,34,41). The molecule has 41 heavy (non-hydrogen) atoms. The molecule has 16 heteroatoms. The molecule has 16 nitrogen and oxygen atoms in total. The number of H-pyrrole nitrogens is 1. The van der Waals surface area contributed by atoms with Crippen LogP contribution in [0.4, 0.5) is 11.6 Å². The monoisotopic (exact) mass is 567 g/mol. The van der Waals surface area contributed by atoms with Crippen molar-refractivity contribution in [3.05, 3.63) is 52.1 Å². The van der Waals surface area contributed by atoms with Gasteiger partial charge in [-0.3, -0.25) is 29.0 Å². The molecule has 0 aliphatic rings. The van der Waals surface area contributed by atoms with Gasteiger partial charge >= 0.3 is 5.97 Å². The van der Waals surface area contributed by atoms with Crippen molar-refractivity contribution in [3.63, 3.8) is 0 Å². The molecule has 1 unspecified atom stereocenters. The van der Waals surface area contributed by atoms with E-state index in [1.165, 1.54) is 6.20 Å². The predicted molar refractivity (Wildman–Crippen MR) is 146 cm³/mol. The highest BCUT2D eigenvalue weighted by molar-refractivity contribution is 5.94. The molecule has 0 spiro atoms. The Morgan fingerprint density at radius 3 is 2.51 bits per heavy atom. The molecule has 3 rings (SSSR count). The summed E-state index contributed by atoms with van der Waals surface area (Å²) in [6.45, 7) is 0.132. The number of fused-ring (bicyclic) bond motifs is 1. The van der Waals surface area contributed by atoms with E-state index in [1.807, 2.05) is 0 Å². The van der Waals surface area contributed by atoms with E-state index in [9.17, 15) is 28.8 Å². The van der Waals surface area contributed by atoms with Crippen molar-refractivity contribution < 1.29 is 29.1 Å². The van der Waals surface area contributed by atoms with Gasteiger partial charge in [-0.05, 0) is 37.1 Å². The number of hydrogen-bond acceptors (Lipinski definition) is 11. The number of carbonyl (C=O) groups is 5. The molecule has 0 saturated heterocycles. The quantitative estimate of drug-likeness (QED) is 0.0870. The lowest BCUT2D eigenvalue weighted by Crippen LogP contribution is -2.43. The zero-order chi connectivity index (χ0) is 29.8. The number of nitrogens with one attached hydrogen (secondary N) is 5. The molecule has 8 N–H and O–H groups in total. The van der Waals surface area contributed by atoms with Crippen LogP contribution in [0.3, 0.4) is 0 Å². The van der Waals surface area contributed by atoms with Gasteiger partial charge in [-0.25, -0.2) is 9.97 Å². The highest BCUT2D eigenvalue weighted by Crippen LogP contribution is 2.11. The molecular formula is C25H29N9O7. The molecule has 0 radical (unpaired) electrons. The lowest BCUT2D eigenvalue weighted by Gasteiger charge is -2.12. The van der Waals surface area contributed by atoms with Crippen LogP contribution >= 0.6 is 0 Å². The van der Waals surface area contributed by atoms with Crippen LogP contribution in [0.25, 0.3) is 11.2 Å². The van der Waals surface area contributed by atoms with Gasteiger partial charge in [0.1, 0.15) is 6.29 Å². The maximum Gasteiger partial charge on any atom is 0.303 e. The Kier molecular flexibility index (Phi) is 10.8. The number of aromatic amines is 1. The number of anilines is 2. The molecule has 0 aliphatic carbocycles. The molecule has 2 aromatic heterocycles. The van der Waals surface area contributed by atoms with E-state index in [-0.39, 0.29) is 61.9 Å². The number of carboxylic acid groups (broad SMARTS) is 1. The van der Waals surface area contributed by atoms with Crippen LogP contribution in [0.2, 0.25) is 0 Å². The molecule has 2 heterocycles. The number of carboxylic acids is 1. The van der Waals surface area contributed by atoms with Crippen molar-refractivity contribution in [1.29, 1.82) is 0 Å². The van der Waals surface area contributed by atoms with Crippen LogP contribution in [0.1, 0.15) is 41.7 Å². The third-order valence-corrected chi connectivity index (χ3v) is 5.60. The van der Waals surface area contributed by atoms with Crippen molar-refractivity contribution in [2.75, 3.05) is 24.1 Å². The fraction of sp³-hybridized carbons (Fsp3) is 0.320. The Labute approximate surface area is 232 Å². The largest absolute Gasteiger partial charge is 0.481 e. The van der Waals surface area contributed by atoms with Gasteiger partial charge in [-0.2, -0.15) is 4.98 Å². The summed E-state index contributed by atoms with van der Waals surface area (Å²) in [7, 11) is 0. The first kappa shape index (κ1) is 30.1. The number of nitrogen functional groups attached to an aromatic ring is 1. The normalized spacial score (nSPS) is 11.3. The molecule has 0 bridgehead atoms. The Balaban J connectivity index is 1.35. The number of aldehydes is 1. The lowest BCUT2D eigenvalue weighted by molar-refractivity contribution is -0.137. The number of nitrogens with two attached hydrogens (primary N) is 1. The number of aliphatic carboxylic acids is 1. The highest BCUT2D eigenvalue weighted by atomic mass is 16.4. The van der Waals surface area contributed by atoms with Crippen LogP contribution in [0.5, 0.6) is 0 Å². The fourth-order valence-corrected chi connectivity index (χ4v) is 3.52. The Morgan fingerprint density at radius 2 is 1.80 bits per heavy atom. The first-order valence-corrected chi connectivity index (χ1v) is 12.5. The summed E-state index contributed by atoms with van der Waals surface area (Å²) in [4.78, 5) is 84.3. The third kappa shape index (κ3) is 9.68. The van der Waals surface area contributed by atoms with Crippen LogP contribution in [-0.2, 0) is 25.7 Å². The minimum Gasteiger partial charge on any atom is -0.481 e. The van der Waals surface area contributed by atoms with E-state index in [2.05, 4.69) is 41.2 Å². The van der Waals surface area contributed by atoms with Gasteiger partial charge in [0.05, 0.1) is 31.0 Å². The van der Waals surface area contributed by atoms with Crippen LogP contribution < -0.4 is 32.6 Å². The van der Waals surface area contributed by atoms with Crippen molar-refractivity contribution in [2.45, 2.75) is 38.3 Å². The summed E-state index contributed by atoms with van der Waals surface area (Å²) in [6, 6.07) is 5.70. The van der Waals surface area contributed by atoms with Crippen molar-refractivity contribution in [3.8, 4) is 0 Å². The maximum atomic E-state index is 12.4. The number of amides is 3. The molecule has 3 aromatic rings. The molecular weight excluding hydrogens is 538 g/mol. The minimum atomic E-state index is -1.09. The van der Waals surface area contributed by atoms with Gasteiger partial charge in [0, 0.05) is 30.6 Å². The van der Waals surface area contributed by atoms with E-state index in [0.29, 0.717) is 29.7 Å². The first-order chi connectivity index (χ1) is 19.6. The zero-order valence-electron chi connectivity index (χ0n) is 21.8. The molecule has 3 amide bonds. The Morgan fingerprint density at radius 1 is 1.05 bits per heavy atom. The average molecular weight is 568 g/mol. The number of rotatable bonds is 15. The van der Waals surface area contributed by atoms with Gasteiger partial charge in [-0.1, -0.05) is 0 Å². The summed E-state index contributed by atoms with van der Waals surface area (Å²) < 4.78 is 0. The molecule has 0 fully saturated rings. The molecule has 1 atom stereocenters. The van der Waals surface area contributed by atoms with Crippen LogP contribution in [0, 0.1) is 0 Å². The Hall–Kier alpha value is -5.41. The Bertz CT molecular complexity index is 1470. The molecule has 0 saturated carbocycles.